The Kier molecular flexibility index (Phi) is 3.17. The fraction of sp³-hybridized carbons (Fsp3) is 0.111. The fourth-order valence-corrected chi connectivity index (χ4v) is 5.88. The van der Waals surface area contributed by atoms with Crippen molar-refractivity contribution < 1.29 is 19.2 Å². The maximum Gasteiger partial charge on any atom is 0.258 e. The van der Waals surface area contributed by atoms with Crippen LogP contribution in [0.1, 0.15) is 59.5 Å². The van der Waals surface area contributed by atoms with Crippen LogP contribution < -0.4 is 10.6 Å². The summed E-state index contributed by atoms with van der Waals surface area (Å²) in [6, 6.07) is 11.1. The average Bonchev–Trinajstić information content (AvgIpc) is 2.80. The molecule has 2 aliphatic rings. The van der Waals surface area contributed by atoms with Crippen LogP contribution in [0, 0.1) is 6.92 Å². The molecule has 2 N–H and O–H groups in total. The lowest BCUT2D eigenvalue weighted by atomic mass is 9.79. The van der Waals surface area contributed by atoms with E-state index in [9.17, 15) is 19.2 Å². The number of nitrogens with one attached hydrogen (secondary N) is 2. The summed E-state index contributed by atoms with van der Waals surface area (Å²) in [6.45, 7) is 3.98. The number of rotatable bonds is 1. The minimum atomic E-state index is -0.400. The van der Waals surface area contributed by atoms with Crippen LogP contribution in [0.15, 0.2) is 36.4 Å². The third-order valence-corrected chi connectivity index (χ3v) is 7.20. The molecule has 0 unspecified atom stereocenters. The van der Waals surface area contributed by atoms with E-state index in [4.69, 9.17) is 0 Å². The van der Waals surface area contributed by atoms with Crippen molar-refractivity contribution in [3.63, 3.8) is 0 Å². The molecule has 0 spiro atoms. The highest BCUT2D eigenvalue weighted by atomic mass is 16.2. The van der Waals surface area contributed by atoms with Gasteiger partial charge in [0.05, 0.1) is 0 Å². The van der Waals surface area contributed by atoms with Crippen LogP contribution in [0.25, 0.3) is 43.1 Å². The van der Waals surface area contributed by atoms with Gasteiger partial charge in [-0.3, -0.25) is 29.8 Å². The van der Waals surface area contributed by atoms with Gasteiger partial charge in [0.2, 0.25) is 0 Å². The molecule has 33 heavy (non-hydrogen) atoms. The Morgan fingerprint density at radius 2 is 1.06 bits per heavy atom. The molecule has 0 fully saturated rings. The Morgan fingerprint density at radius 3 is 1.64 bits per heavy atom. The topological polar surface area (TPSA) is 92.3 Å². The highest BCUT2D eigenvalue weighted by Crippen LogP contribution is 2.47. The van der Waals surface area contributed by atoms with Crippen molar-refractivity contribution in [1.29, 1.82) is 0 Å². The molecule has 0 atom stereocenters. The van der Waals surface area contributed by atoms with Crippen LogP contribution in [0.2, 0.25) is 0 Å². The molecule has 0 radical (unpaired) electrons. The lowest BCUT2D eigenvalue weighted by molar-refractivity contribution is 0.0828. The van der Waals surface area contributed by atoms with Gasteiger partial charge in [-0.25, -0.2) is 0 Å². The molecule has 0 saturated carbocycles. The zero-order valence-electron chi connectivity index (χ0n) is 17.8. The molecule has 0 aliphatic carbocycles. The largest absolute Gasteiger partial charge is 0.288 e. The van der Waals surface area contributed by atoms with Crippen LogP contribution >= 0.6 is 0 Å². The summed E-state index contributed by atoms with van der Waals surface area (Å²) in [4.78, 5) is 50.8. The van der Waals surface area contributed by atoms with Crippen LogP contribution in [-0.4, -0.2) is 23.6 Å². The van der Waals surface area contributed by atoms with Crippen molar-refractivity contribution in [2.45, 2.75) is 20.3 Å². The summed E-state index contributed by atoms with van der Waals surface area (Å²) in [5.74, 6) is -1.58. The summed E-state index contributed by atoms with van der Waals surface area (Å²) in [5, 5.41) is 11.7. The fourth-order valence-electron chi connectivity index (χ4n) is 5.88. The van der Waals surface area contributed by atoms with Gasteiger partial charge in [-0.05, 0) is 81.1 Å². The first-order valence-corrected chi connectivity index (χ1v) is 10.9. The minimum Gasteiger partial charge on any atom is -0.288 e. The Hall–Kier alpha value is -4.32. The minimum absolute atomic E-state index is 0.388. The number of fused-ring (bicyclic) bond motifs is 2. The number of benzene rings is 5. The number of hydrogen-bond acceptors (Lipinski definition) is 4. The van der Waals surface area contributed by atoms with E-state index in [2.05, 4.69) is 10.6 Å². The molecule has 0 aromatic heterocycles. The van der Waals surface area contributed by atoms with Crippen molar-refractivity contribution in [3.05, 3.63) is 69.8 Å². The molecule has 0 saturated heterocycles. The SMILES string of the molecule is CCc1cc2c3c(ccc4c5c(C)cc6c7c(ccc(c1c34)c75)C(=O)NC6=O)C(=O)NC2=O. The molecule has 5 aromatic carbocycles. The van der Waals surface area contributed by atoms with Crippen LogP contribution in [0.5, 0.6) is 0 Å². The monoisotopic (exact) mass is 432 g/mol. The average molecular weight is 432 g/mol. The second-order valence-electron chi connectivity index (χ2n) is 8.82. The first-order chi connectivity index (χ1) is 15.9. The van der Waals surface area contributed by atoms with E-state index in [1.807, 2.05) is 38.1 Å². The number of imide groups is 2. The lowest BCUT2D eigenvalue weighted by Crippen LogP contribution is -2.35. The van der Waals surface area contributed by atoms with E-state index >= 15 is 0 Å². The zero-order chi connectivity index (χ0) is 22.8. The molecule has 2 heterocycles. The predicted octanol–water partition coefficient (Wildman–Crippen LogP) is 4.38. The quantitative estimate of drug-likeness (QED) is 0.234. The third kappa shape index (κ3) is 1.99. The van der Waals surface area contributed by atoms with E-state index in [-0.39, 0.29) is 5.91 Å². The molecule has 2 aliphatic heterocycles. The first kappa shape index (κ1) is 18.3. The molecule has 4 amide bonds. The summed E-state index contributed by atoms with van der Waals surface area (Å²) in [7, 11) is 0. The van der Waals surface area contributed by atoms with Crippen molar-refractivity contribution in [3.8, 4) is 0 Å². The molecule has 5 aromatic rings. The van der Waals surface area contributed by atoms with E-state index in [1.165, 1.54) is 0 Å². The van der Waals surface area contributed by atoms with Gasteiger partial charge in [0.25, 0.3) is 23.6 Å². The summed E-state index contributed by atoms with van der Waals surface area (Å²) >= 11 is 0. The van der Waals surface area contributed by atoms with Crippen molar-refractivity contribution in [1.82, 2.24) is 10.6 Å². The second-order valence-corrected chi connectivity index (χ2v) is 8.82. The molecule has 6 nitrogen and oxygen atoms in total. The number of amides is 4. The van der Waals surface area contributed by atoms with Crippen LogP contribution in [0.3, 0.4) is 0 Å². The standard InChI is InChI=1S/C27H16N2O4/c1-3-11-9-17-21-15(25(31)29-27(17)33)6-4-12-18-10(2)8-16-20-14(24(30)28-26(16)32)7-5-13(22(18)20)19(11)23(12)21/h4-9H,3H2,1-2H3,(H,28,30,32)(H,29,31,33). The second kappa shape index (κ2) is 5.72. The highest BCUT2D eigenvalue weighted by Gasteiger charge is 2.32. The normalized spacial score (nSPS) is 15.2. The van der Waals surface area contributed by atoms with Crippen LogP contribution in [-0.2, 0) is 6.42 Å². The number of carbonyl (C=O) groups excluding carboxylic acids is 4. The van der Waals surface area contributed by atoms with Gasteiger partial charge in [0.1, 0.15) is 0 Å². The Balaban J connectivity index is 1.88. The van der Waals surface area contributed by atoms with E-state index < -0.39 is 17.7 Å². The number of carbonyl (C=O) groups is 4. The maximum absolute atomic E-state index is 12.8. The summed E-state index contributed by atoms with van der Waals surface area (Å²) in [6.07, 6.45) is 0.680. The molecule has 6 heteroatoms. The molecule has 0 bridgehead atoms. The van der Waals surface area contributed by atoms with Gasteiger partial charge >= 0.3 is 0 Å². The lowest BCUT2D eigenvalue weighted by Gasteiger charge is -2.26. The van der Waals surface area contributed by atoms with Crippen LogP contribution in [0.4, 0.5) is 0 Å². The van der Waals surface area contributed by atoms with E-state index in [0.717, 1.165) is 43.4 Å². The zero-order valence-corrected chi connectivity index (χ0v) is 17.8. The van der Waals surface area contributed by atoms with Crippen molar-refractivity contribution in [2.75, 3.05) is 0 Å². The Morgan fingerprint density at radius 1 is 0.576 bits per heavy atom. The Labute approximate surface area is 186 Å². The first-order valence-electron chi connectivity index (χ1n) is 10.9. The molecular weight excluding hydrogens is 416 g/mol. The van der Waals surface area contributed by atoms with Gasteiger partial charge in [0, 0.05) is 33.0 Å². The van der Waals surface area contributed by atoms with Gasteiger partial charge in [-0.15, -0.1) is 0 Å². The summed E-state index contributed by atoms with van der Waals surface area (Å²) in [5.41, 5.74) is 3.83. The molecule has 158 valence electrons. The maximum atomic E-state index is 12.8. The van der Waals surface area contributed by atoms with Crippen molar-refractivity contribution >= 4 is 66.7 Å². The van der Waals surface area contributed by atoms with Crippen molar-refractivity contribution in [2.24, 2.45) is 0 Å². The Bertz CT molecular complexity index is 1830. The van der Waals surface area contributed by atoms with E-state index in [1.54, 1.807) is 12.1 Å². The van der Waals surface area contributed by atoms with Gasteiger partial charge in [-0.1, -0.05) is 19.1 Å². The highest BCUT2D eigenvalue weighted by molar-refractivity contribution is 6.42. The molecule has 7 rings (SSSR count). The molecular formula is C27H16N2O4. The summed E-state index contributed by atoms with van der Waals surface area (Å²) < 4.78 is 0. The van der Waals surface area contributed by atoms with Gasteiger partial charge in [-0.2, -0.15) is 0 Å². The van der Waals surface area contributed by atoms with Gasteiger partial charge in [0.15, 0.2) is 0 Å². The number of hydrogen-bond donors (Lipinski definition) is 2. The smallest absolute Gasteiger partial charge is 0.258 e. The van der Waals surface area contributed by atoms with E-state index in [0.29, 0.717) is 39.4 Å². The number of aryl methyl sites for hydroxylation is 2. The predicted molar refractivity (Wildman–Crippen MR) is 125 cm³/mol. The third-order valence-electron chi connectivity index (χ3n) is 7.20. The van der Waals surface area contributed by atoms with Gasteiger partial charge < -0.3 is 0 Å².